The van der Waals surface area contributed by atoms with E-state index in [0.29, 0.717) is 5.92 Å². The maximum atomic E-state index is 12.2. The highest BCUT2D eigenvalue weighted by Gasteiger charge is 2.17. The fourth-order valence-electron chi connectivity index (χ4n) is 2.93. The highest BCUT2D eigenvalue weighted by atomic mass is 32.1. The van der Waals surface area contributed by atoms with Crippen molar-refractivity contribution in [3.8, 4) is 0 Å². The van der Waals surface area contributed by atoms with Crippen LogP contribution in [0, 0.1) is 0 Å². The molecule has 0 unspecified atom stereocenters. The van der Waals surface area contributed by atoms with Crippen molar-refractivity contribution < 1.29 is 14.0 Å². The second-order valence-electron chi connectivity index (χ2n) is 6.78. The summed E-state index contributed by atoms with van der Waals surface area (Å²) in [5, 5.41) is 5.30. The average molecular weight is 412 g/mol. The Morgan fingerprint density at radius 2 is 1.79 bits per heavy atom. The summed E-state index contributed by atoms with van der Waals surface area (Å²) in [6, 6.07) is 15.6. The van der Waals surface area contributed by atoms with E-state index in [9.17, 15) is 9.59 Å². The second kappa shape index (κ2) is 10.0. The van der Waals surface area contributed by atoms with Gasteiger partial charge in [-0.3, -0.25) is 25.8 Å². The lowest BCUT2D eigenvalue weighted by molar-refractivity contribution is -0.121. The summed E-state index contributed by atoms with van der Waals surface area (Å²) in [6.45, 7) is 4.44. The molecule has 29 heavy (non-hydrogen) atoms. The van der Waals surface area contributed by atoms with Gasteiger partial charge in [0.05, 0.1) is 18.8 Å². The summed E-state index contributed by atoms with van der Waals surface area (Å²) in [5.74, 6) is -0.196. The van der Waals surface area contributed by atoms with E-state index in [1.807, 2.05) is 17.5 Å². The third-order valence-electron chi connectivity index (χ3n) is 4.81. The Balaban J connectivity index is 1.61. The second-order valence-corrected chi connectivity index (χ2v) is 7.76. The van der Waals surface area contributed by atoms with Crippen molar-refractivity contribution in [1.82, 2.24) is 16.2 Å². The third-order valence-corrected chi connectivity index (χ3v) is 5.74. The molecule has 0 bridgehead atoms. The van der Waals surface area contributed by atoms with Crippen molar-refractivity contribution in [1.29, 1.82) is 0 Å². The van der Waals surface area contributed by atoms with Gasteiger partial charge in [0.1, 0.15) is 0 Å². The number of carbonyl (C=O) groups excluding carboxylic acids is 2. The van der Waals surface area contributed by atoms with Gasteiger partial charge in [0.15, 0.2) is 5.76 Å². The predicted octanol–water partition coefficient (Wildman–Crippen LogP) is 3.99. The SMILES string of the molecule is CC[C@@H](C)c1ccc([C@@H](NCC(=O)NNC(=O)c2ccco2)c2cccs2)cc1. The third kappa shape index (κ3) is 5.56. The first-order valence-corrected chi connectivity index (χ1v) is 10.5. The first-order valence-electron chi connectivity index (χ1n) is 9.57. The maximum absolute atomic E-state index is 12.2. The number of hydrazine groups is 1. The zero-order valence-electron chi connectivity index (χ0n) is 16.5. The van der Waals surface area contributed by atoms with Crippen LogP contribution in [-0.2, 0) is 4.79 Å². The molecule has 152 valence electrons. The van der Waals surface area contributed by atoms with Gasteiger partial charge < -0.3 is 4.42 Å². The number of carbonyl (C=O) groups is 2. The summed E-state index contributed by atoms with van der Waals surface area (Å²) in [4.78, 5) is 25.1. The van der Waals surface area contributed by atoms with Crippen LogP contribution in [0.15, 0.2) is 64.6 Å². The van der Waals surface area contributed by atoms with Crippen molar-refractivity contribution in [2.24, 2.45) is 0 Å². The van der Waals surface area contributed by atoms with Gasteiger partial charge in [0.2, 0.25) is 0 Å². The van der Waals surface area contributed by atoms with Crippen LogP contribution in [0.4, 0.5) is 0 Å². The molecule has 0 spiro atoms. The van der Waals surface area contributed by atoms with Gasteiger partial charge in [0.25, 0.3) is 5.91 Å². The van der Waals surface area contributed by atoms with Gasteiger partial charge in [-0.25, -0.2) is 0 Å². The van der Waals surface area contributed by atoms with Crippen molar-refractivity contribution in [3.63, 3.8) is 0 Å². The first-order chi connectivity index (χ1) is 14.1. The number of amides is 2. The molecule has 7 heteroatoms. The van der Waals surface area contributed by atoms with Crippen LogP contribution in [0.2, 0.25) is 0 Å². The van der Waals surface area contributed by atoms with E-state index >= 15 is 0 Å². The Labute approximate surface area is 174 Å². The highest BCUT2D eigenvalue weighted by Crippen LogP contribution is 2.27. The maximum Gasteiger partial charge on any atom is 0.305 e. The predicted molar refractivity (Wildman–Crippen MR) is 114 cm³/mol. The molecule has 2 heterocycles. The molecule has 3 rings (SSSR count). The Bertz CT molecular complexity index is 905. The lowest BCUT2D eigenvalue weighted by atomic mass is 9.95. The molecule has 0 aliphatic carbocycles. The molecule has 0 saturated heterocycles. The van der Waals surface area contributed by atoms with E-state index in [0.717, 1.165) is 16.9 Å². The van der Waals surface area contributed by atoms with Crippen molar-refractivity contribution >= 4 is 23.2 Å². The zero-order valence-corrected chi connectivity index (χ0v) is 17.3. The average Bonchev–Trinajstić information content (AvgIpc) is 3.46. The Morgan fingerprint density at radius 1 is 1.03 bits per heavy atom. The molecular formula is C22H25N3O3S. The lowest BCUT2D eigenvalue weighted by Gasteiger charge is -2.19. The smallest absolute Gasteiger partial charge is 0.305 e. The molecule has 3 N–H and O–H groups in total. The fourth-order valence-corrected chi connectivity index (χ4v) is 3.75. The van der Waals surface area contributed by atoms with Gasteiger partial charge >= 0.3 is 5.91 Å². The van der Waals surface area contributed by atoms with Crippen LogP contribution in [-0.4, -0.2) is 18.4 Å². The molecule has 3 aromatic rings. The molecule has 0 aliphatic rings. The van der Waals surface area contributed by atoms with Gasteiger partial charge in [-0.05, 0) is 47.0 Å². The van der Waals surface area contributed by atoms with Crippen LogP contribution in [0.1, 0.15) is 58.8 Å². The molecule has 0 fully saturated rings. The molecule has 2 aromatic heterocycles. The number of furan rings is 1. The lowest BCUT2D eigenvalue weighted by Crippen LogP contribution is -2.45. The number of rotatable bonds is 8. The number of benzene rings is 1. The standard InChI is InChI=1S/C22H25N3O3S/c1-3-15(2)16-8-10-17(11-9-16)21(19-7-5-13-29-19)23-14-20(26)24-25-22(27)18-6-4-12-28-18/h4-13,15,21,23H,3,14H2,1-2H3,(H,24,26)(H,25,27)/t15-,21-/m1/s1. The molecule has 0 aliphatic heterocycles. The van der Waals surface area contributed by atoms with E-state index in [1.165, 1.54) is 17.9 Å². The zero-order chi connectivity index (χ0) is 20.6. The Morgan fingerprint density at radius 3 is 2.41 bits per heavy atom. The van der Waals surface area contributed by atoms with Crippen molar-refractivity contribution in [3.05, 3.63) is 81.9 Å². The minimum Gasteiger partial charge on any atom is -0.459 e. The molecule has 1 aromatic carbocycles. The van der Waals surface area contributed by atoms with Crippen LogP contribution < -0.4 is 16.2 Å². The van der Waals surface area contributed by atoms with Crippen molar-refractivity contribution in [2.45, 2.75) is 32.2 Å². The van der Waals surface area contributed by atoms with Crippen molar-refractivity contribution in [2.75, 3.05) is 6.54 Å². The van der Waals surface area contributed by atoms with Crippen LogP contribution >= 0.6 is 11.3 Å². The fraction of sp³-hybridized carbons (Fsp3) is 0.273. The number of thiophene rings is 1. The molecule has 0 saturated carbocycles. The first kappa shape index (κ1) is 20.8. The van der Waals surface area contributed by atoms with Gasteiger partial charge in [-0.15, -0.1) is 11.3 Å². The number of hydrogen-bond acceptors (Lipinski definition) is 5. The Kier molecular flexibility index (Phi) is 7.21. The van der Waals surface area contributed by atoms with E-state index in [2.05, 4.69) is 54.3 Å². The minimum atomic E-state index is -0.501. The van der Waals surface area contributed by atoms with Gasteiger partial charge in [-0.1, -0.05) is 44.2 Å². The van der Waals surface area contributed by atoms with Crippen LogP contribution in [0.5, 0.6) is 0 Å². The summed E-state index contributed by atoms with van der Waals surface area (Å²) in [5.41, 5.74) is 7.13. The number of hydrogen-bond donors (Lipinski definition) is 3. The van der Waals surface area contributed by atoms with Crippen LogP contribution in [0.3, 0.4) is 0 Å². The Hall–Kier alpha value is -2.90. The quantitative estimate of drug-likeness (QED) is 0.489. The van der Waals surface area contributed by atoms with E-state index in [1.54, 1.807) is 17.4 Å². The topological polar surface area (TPSA) is 83.4 Å². The summed E-state index contributed by atoms with van der Waals surface area (Å²) < 4.78 is 4.99. The number of nitrogens with one attached hydrogen (secondary N) is 3. The normalized spacial score (nSPS) is 12.9. The monoisotopic (exact) mass is 411 g/mol. The highest BCUT2D eigenvalue weighted by molar-refractivity contribution is 7.10. The molecule has 2 amide bonds. The van der Waals surface area contributed by atoms with E-state index in [4.69, 9.17) is 4.42 Å². The largest absolute Gasteiger partial charge is 0.459 e. The van der Waals surface area contributed by atoms with E-state index in [-0.39, 0.29) is 24.3 Å². The molecule has 2 atom stereocenters. The van der Waals surface area contributed by atoms with Gasteiger partial charge in [0, 0.05) is 4.88 Å². The summed E-state index contributed by atoms with van der Waals surface area (Å²) >= 11 is 1.63. The molecular weight excluding hydrogens is 386 g/mol. The minimum absolute atomic E-state index is 0.0497. The van der Waals surface area contributed by atoms with Gasteiger partial charge in [-0.2, -0.15) is 0 Å². The summed E-state index contributed by atoms with van der Waals surface area (Å²) in [7, 11) is 0. The molecule has 0 radical (unpaired) electrons. The molecule has 6 nitrogen and oxygen atoms in total. The van der Waals surface area contributed by atoms with E-state index < -0.39 is 5.91 Å². The summed E-state index contributed by atoms with van der Waals surface area (Å²) in [6.07, 6.45) is 2.49. The van der Waals surface area contributed by atoms with Crippen LogP contribution in [0.25, 0.3) is 0 Å².